The maximum Gasteiger partial charge on any atom is 0.234 e. The van der Waals surface area contributed by atoms with E-state index in [1.165, 1.54) is 6.42 Å². The highest BCUT2D eigenvalue weighted by atomic mass is 16.1. The number of carbonyl (C=O) groups is 1. The average molecular weight is 126 g/mol. The number of hydrogen-bond donors (Lipinski definition) is 2. The highest BCUT2D eigenvalue weighted by molar-refractivity contribution is 5.80. The fourth-order valence-electron chi connectivity index (χ4n) is 1.54. The van der Waals surface area contributed by atoms with E-state index in [0.717, 1.165) is 12.3 Å². The van der Waals surface area contributed by atoms with Crippen molar-refractivity contribution in [3.05, 3.63) is 0 Å². The number of piperidine rings is 1. The molecule has 2 fully saturated rings. The Kier molecular flexibility index (Phi) is 0.858. The van der Waals surface area contributed by atoms with E-state index < -0.39 is 0 Å². The van der Waals surface area contributed by atoms with Crippen LogP contribution in [0.25, 0.3) is 0 Å². The zero-order valence-electron chi connectivity index (χ0n) is 5.13. The maximum atomic E-state index is 10.5. The molecule has 3 heteroatoms. The zero-order chi connectivity index (χ0) is 6.43. The summed E-state index contributed by atoms with van der Waals surface area (Å²) in [5, 5.41) is 3.15. The van der Waals surface area contributed by atoms with E-state index in [1.807, 2.05) is 0 Å². The molecule has 1 amide bonds. The largest absolute Gasteiger partial charge is 0.368 e. The molecule has 1 saturated carbocycles. The fraction of sp³-hybridized carbons (Fsp3) is 0.833. The first-order chi connectivity index (χ1) is 4.27. The molecule has 3 N–H and O–H groups in total. The van der Waals surface area contributed by atoms with Gasteiger partial charge in [-0.25, -0.2) is 0 Å². The van der Waals surface area contributed by atoms with Gasteiger partial charge in [-0.05, 0) is 18.8 Å². The maximum absolute atomic E-state index is 10.5. The minimum atomic E-state index is -0.192. The number of nitrogens with two attached hydrogens (primary N) is 1. The van der Waals surface area contributed by atoms with E-state index in [-0.39, 0.29) is 11.9 Å². The summed E-state index contributed by atoms with van der Waals surface area (Å²) in [6, 6.07) is 0.608. The van der Waals surface area contributed by atoms with Crippen molar-refractivity contribution < 1.29 is 4.79 Å². The molecule has 0 bridgehead atoms. The number of nitrogens with one attached hydrogen (secondary N) is 1. The second-order valence-electron chi connectivity index (χ2n) is 2.96. The Morgan fingerprint density at radius 2 is 2.33 bits per heavy atom. The zero-order valence-corrected chi connectivity index (χ0v) is 5.13. The molecule has 1 aliphatic heterocycles. The Bertz CT molecular complexity index is 147. The van der Waals surface area contributed by atoms with Crippen LogP contribution in [-0.2, 0) is 4.79 Å². The van der Waals surface area contributed by atoms with Crippen LogP contribution in [0.2, 0.25) is 0 Å². The minimum Gasteiger partial charge on any atom is -0.368 e. The van der Waals surface area contributed by atoms with Crippen LogP contribution in [0, 0.1) is 5.92 Å². The lowest BCUT2D eigenvalue weighted by Crippen LogP contribution is -2.38. The monoisotopic (exact) mass is 126 g/mol. The third-order valence-corrected chi connectivity index (χ3v) is 2.22. The van der Waals surface area contributed by atoms with Crippen molar-refractivity contribution in [3.63, 3.8) is 0 Å². The van der Waals surface area contributed by atoms with Gasteiger partial charge in [-0.2, -0.15) is 0 Å². The molecule has 0 aromatic heterocycles. The Morgan fingerprint density at radius 3 is 2.67 bits per heavy atom. The van der Waals surface area contributed by atoms with Gasteiger partial charge < -0.3 is 11.1 Å². The summed E-state index contributed by atoms with van der Waals surface area (Å²) in [6.45, 7) is 0. The van der Waals surface area contributed by atoms with Gasteiger partial charge in [-0.15, -0.1) is 0 Å². The Balaban J connectivity index is 1.97. The third kappa shape index (κ3) is 0.721. The second-order valence-corrected chi connectivity index (χ2v) is 2.96. The number of carbonyl (C=O) groups excluding carboxylic acids is 1. The van der Waals surface area contributed by atoms with Crippen LogP contribution < -0.4 is 11.1 Å². The van der Waals surface area contributed by atoms with Gasteiger partial charge in [0.05, 0.1) is 6.04 Å². The van der Waals surface area contributed by atoms with Crippen LogP contribution in [-0.4, -0.2) is 18.0 Å². The van der Waals surface area contributed by atoms with Crippen molar-refractivity contribution in [2.75, 3.05) is 0 Å². The van der Waals surface area contributed by atoms with Crippen LogP contribution in [0.1, 0.15) is 12.8 Å². The molecule has 0 radical (unpaired) electrons. The molecule has 2 rings (SSSR count). The van der Waals surface area contributed by atoms with E-state index in [2.05, 4.69) is 5.32 Å². The lowest BCUT2D eigenvalue weighted by Gasteiger charge is -2.06. The predicted molar refractivity (Wildman–Crippen MR) is 32.6 cm³/mol. The molecular formula is C6H10N2O. The number of rotatable bonds is 1. The number of fused-ring (bicyclic) bond motifs is 1. The molecule has 0 spiro atoms. The van der Waals surface area contributed by atoms with Crippen molar-refractivity contribution >= 4 is 5.91 Å². The Morgan fingerprint density at radius 1 is 1.56 bits per heavy atom. The first kappa shape index (κ1) is 5.23. The van der Waals surface area contributed by atoms with Gasteiger partial charge in [0.1, 0.15) is 0 Å². The molecule has 2 aliphatic rings. The lowest BCUT2D eigenvalue weighted by atomic mass is 10.2. The van der Waals surface area contributed by atoms with Crippen molar-refractivity contribution in [1.29, 1.82) is 0 Å². The molecule has 3 atom stereocenters. The molecule has 50 valence electrons. The quantitative estimate of drug-likeness (QED) is 0.484. The van der Waals surface area contributed by atoms with Gasteiger partial charge in [0.25, 0.3) is 0 Å². The minimum absolute atomic E-state index is 0.0197. The summed E-state index contributed by atoms with van der Waals surface area (Å²) in [4.78, 5) is 10.5. The van der Waals surface area contributed by atoms with Gasteiger partial charge >= 0.3 is 0 Å². The molecule has 0 aromatic rings. The average Bonchev–Trinajstić information content (AvgIpc) is 2.40. The second kappa shape index (κ2) is 1.48. The topological polar surface area (TPSA) is 55.1 Å². The number of amides is 1. The van der Waals surface area contributed by atoms with E-state index >= 15 is 0 Å². The highest BCUT2D eigenvalue weighted by Gasteiger charge is 2.47. The molecule has 1 saturated heterocycles. The van der Waals surface area contributed by atoms with Crippen LogP contribution in [0.3, 0.4) is 0 Å². The Hall–Kier alpha value is -0.570. The standard InChI is InChI=1S/C6H10N2O/c7-6(9)5-2-3-1-4(3)8-5/h3-5,8H,1-2H2,(H2,7,9)/t3-,4+,5?/m0/s1. The van der Waals surface area contributed by atoms with Gasteiger partial charge in [-0.1, -0.05) is 0 Å². The van der Waals surface area contributed by atoms with Crippen molar-refractivity contribution in [3.8, 4) is 0 Å². The fourth-order valence-corrected chi connectivity index (χ4v) is 1.54. The van der Waals surface area contributed by atoms with Gasteiger partial charge in [0, 0.05) is 6.04 Å². The van der Waals surface area contributed by atoms with Gasteiger partial charge in [-0.3, -0.25) is 4.79 Å². The van der Waals surface area contributed by atoms with Crippen LogP contribution in [0.15, 0.2) is 0 Å². The van der Waals surface area contributed by atoms with E-state index in [0.29, 0.717) is 6.04 Å². The van der Waals surface area contributed by atoms with E-state index in [1.54, 1.807) is 0 Å². The highest BCUT2D eigenvalue weighted by Crippen LogP contribution is 2.40. The molecule has 9 heavy (non-hydrogen) atoms. The summed E-state index contributed by atoms with van der Waals surface area (Å²) in [5.41, 5.74) is 5.08. The molecule has 3 nitrogen and oxygen atoms in total. The number of hydrogen-bond acceptors (Lipinski definition) is 2. The third-order valence-electron chi connectivity index (χ3n) is 2.22. The summed E-state index contributed by atoms with van der Waals surface area (Å²) < 4.78 is 0. The summed E-state index contributed by atoms with van der Waals surface area (Å²) >= 11 is 0. The van der Waals surface area contributed by atoms with Gasteiger partial charge in [0.2, 0.25) is 5.91 Å². The van der Waals surface area contributed by atoms with Gasteiger partial charge in [0.15, 0.2) is 0 Å². The molecular weight excluding hydrogens is 116 g/mol. The van der Waals surface area contributed by atoms with Crippen molar-refractivity contribution in [2.24, 2.45) is 11.7 Å². The summed E-state index contributed by atoms with van der Waals surface area (Å²) in [7, 11) is 0. The molecule has 1 aliphatic carbocycles. The molecule has 0 aromatic carbocycles. The predicted octanol–water partition coefficient (Wildman–Crippen LogP) is -0.778. The van der Waals surface area contributed by atoms with Crippen molar-refractivity contribution in [1.82, 2.24) is 5.32 Å². The smallest absolute Gasteiger partial charge is 0.234 e. The normalized spacial score (nSPS) is 46.4. The first-order valence-electron chi connectivity index (χ1n) is 3.33. The van der Waals surface area contributed by atoms with Crippen molar-refractivity contribution in [2.45, 2.75) is 24.9 Å². The number of primary amides is 1. The molecule has 1 heterocycles. The first-order valence-corrected chi connectivity index (χ1v) is 3.33. The van der Waals surface area contributed by atoms with Crippen LogP contribution in [0.5, 0.6) is 0 Å². The van der Waals surface area contributed by atoms with E-state index in [9.17, 15) is 4.79 Å². The summed E-state index contributed by atoms with van der Waals surface area (Å²) in [5.74, 6) is 0.574. The van der Waals surface area contributed by atoms with Crippen LogP contribution >= 0.6 is 0 Å². The summed E-state index contributed by atoms with van der Waals surface area (Å²) in [6.07, 6.45) is 2.23. The Labute approximate surface area is 53.6 Å². The van der Waals surface area contributed by atoms with E-state index in [4.69, 9.17) is 5.73 Å². The lowest BCUT2D eigenvalue weighted by molar-refractivity contribution is -0.119. The van der Waals surface area contributed by atoms with Crippen LogP contribution in [0.4, 0.5) is 0 Å². The molecule has 1 unspecified atom stereocenters. The SMILES string of the molecule is NC(=O)C1C[C@@H]2C[C@H]2N1.